The number of rotatable bonds is 2. The minimum Gasteiger partial charge on any atom is -0.368 e. The van der Waals surface area contributed by atoms with Crippen LogP contribution in [0.15, 0.2) is 6.20 Å². The van der Waals surface area contributed by atoms with Gasteiger partial charge in [-0.1, -0.05) is 0 Å². The van der Waals surface area contributed by atoms with Crippen LogP contribution in [0.4, 0.5) is 11.8 Å². The van der Waals surface area contributed by atoms with Gasteiger partial charge in [0.05, 0.1) is 11.6 Å². The summed E-state index contributed by atoms with van der Waals surface area (Å²) in [5.74, 6) is 1.03. The number of amides is 1. The molecule has 1 fully saturated rings. The van der Waals surface area contributed by atoms with E-state index in [2.05, 4.69) is 25.5 Å². The third kappa shape index (κ3) is 2.16. The van der Waals surface area contributed by atoms with Crippen molar-refractivity contribution in [2.45, 2.75) is 18.9 Å². The Labute approximate surface area is 109 Å². The van der Waals surface area contributed by atoms with Gasteiger partial charge in [-0.15, -0.1) is 0 Å². The molecule has 1 aliphatic rings. The number of likely N-dealkylation sites (tertiary alicyclic amines) is 1. The quantitative estimate of drug-likeness (QED) is 0.699. The minimum atomic E-state index is 0.162. The van der Waals surface area contributed by atoms with Crippen LogP contribution < -0.4 is 11.1 Å². The lowest BCUT2D eigenvalue weighted by molar-refractivity contribution is -0.132. The summed E-state index contributed by atoms with van der Waals surface area (Å²) in [5, 5.41) is 10.8. The van der Waals surface area contributed by atoms with Gasteiger partial charge in [0.25, 0.3) is 0 Å². The Bertz CT molecular complexity index is 623. The first-order valence-electron chi connectivity index (χ1n) is 6.10. The molecule has 0 bridgehead atoms. The van der Waals surface area contributed by atoms with E-state index in [1.807, 2.05) is 0 Å². The molecule has 1 aliphatic heterocycles. The zero-order valence-corrected chi connectivity index (χ0v) is 10.6. The zero-order valence-electron chi connectivity index (χ0n) is 10.6. The highest BCUT2D eigenvalue weighted by atomic mass is 16.2. The van der Waals surface area contributed by atoms with Gasteiger partial charge in [0.1, 0.15) is 5.82 Å². The number of fused-ring (bicyclic) bond motifs is 1. The second kappa shape index (κ2) is 4.38. The van der Waals surface area contributed by atoms with Crippen LogP contribution in [0.2, 0.25) is 0 Å². The molecule has 2 aromatic heterocycles. The average molecular weight is 261 g/mol. The first kappa shape index (κ1) is 11.7. The van der Waals surface area contributed by atoms with E-state index in [4.69, 9.17) is 5.73 Å². The Morgan fingerprint density at radius 1 is 1.53 bits per heavy atom. The van der Waals surface area contributed by atoms with Crippen molar-refractivity contribution in [2.75, 3.05) is 24.6 Å². The van der Waals surface area contributed by atoms with Crippen molar-refractivity contribution in [3.8, 4) is 0 Å². The topological polar surface area (TPSA) is 113 Å². The highest BCUT2D eigenvalue weighted by Gasteiger charge is 2.23. The van der Waals surface area contributed by atoms with Crippen molar-refractivity contribution < 1.29 is 4.79 Å². The van der Waals surface area contributed by atoms with Crippen LogP contribution in [-0.4, -0.2) is 50.6 Å². The number of aromatic amines is 1. The van der Waals surface area contributed by atoms with Crippen molar-refractivity contribution in [2.24, 2.45) is 0 Å². The van der Waals surface area contributed by atoms with Gasteiger partial charge in [-0.25, -0.2) is 0 Å². The summed E-state index contributed by atoms with van der Waals surface area (Å²) in [7, 11) is 1.80. The standard InChI is InChI=1S/C11H15N7O/c1-18-5-6(2-3-8(18)19)14-9-7-4-13-17-10(7)16-11(12)15-9/h4,6H,2-3,5H2,1H3,(H4,12,13,14,15,16,17). The number of nitrogen functional groups attached to an aromatic ring is 1. The van der Waals surface area contributed by atoms with Crippen molar-refractivity contribution in [1.82, 2.24) is 25.1 Å². The minimum absolute atomic E-state index is 0.162. The van der Waals surface area contributed by atoms with E-state index in [1.165, 1.54) is 0 Å². The van der Waals surface area contributed by atoms with E-state index in [0.717, 1.165) is 11.8 Å². The first-order valence-corrected chi connectivity index (χ1v) is 6.10. The van der Waals surface area contributed by atoms with E-state index < -0.39 is 0 Å². The Morgan fingerprint density at radius 2 is 2.37 bits per heavy atom. The molecule has 8 nitrogen and oxygen atoms in total. The van der Waals surface area contributed by atoms with Gasteiger partial charge in [-0.3, -0.25) is 9.89 Å². The Balaban J connectivity index is 1.85. The van der Waals surface area contributed by atoms with Crippen LogP contribution in [0, 0.1) is 0 Å². The molecule has 3 rings (SSSR count). The lowest BCUT2D eigenvalue weighted by Crippen LogP contribution is -2.43. The summed E-state index contributed by atoms with van der Waals surface area (Å²) < 4.78 is 0. The fourth-order valence-electron chi connectivity index (χ4n) is 2.29. The summed E-state index contributed by atoms with van der Waals surface area (Å²) in [4.78, 5) is 21.4. The number of aromatic nitrogens is 4. The molecule has 19 heavy (non-hydrogen) atoms. The summed E-state index contributed by atoms with van der Waals surface area (Å²) in [6, 6.07) is 0.162. The smallest absolute Gasteiger partial charge is 0.224 e. The molecule has 1 atom stereocenters. The lowest BCUT2D eigenvalue weighted by Gasteiger charge is -2.30. The van der Waals surface area contributed by atoms with Gasteiger partial charge < -0.3 is 16.0 Å². The Kier molecular flexibility index (Phi) is 2.69. The maximum absolute atomic E-state index is 11.5. The maximum Gasteiger partial charge on any atom is 0.224 e. The van der Waals surface area contributed by atoms with Crippen molar-refractivity contribution in [3.05, 3.63) is 6.20 Å². The van der Waals surface area contributed by atoms with Gasteiger partial charge in [0.2, 0.25) is 11.9 Å². The third-order valence-electron chi connectivity index (χ3n) is 3.29. The largest absolute Gasteiger partial charge is 0.368 e. The summed E-state index contributed by atoms with van der Waals surface area (Å²) in [5.41, 5.74) is 6.27. The van der Waals surface area contributed by atoms with Crippen LogP contribution in [-0.2, 0) is 4.79 Å². The molecular formula is C11H15N7O. The molecule has 1 saturated heterocycles. The number of likely N-dealkylation sites (N-methyl/N-ethyl adjacent to an activating group) is 1. The highest BCUT2D eigenvalue weighted by Crippen LogP contribution is 2.21. The molecule has 8 heteroatoms. The van der Waals surface area contributed by atoms with E-state index >= 15 is 0 Å². The summed E-state index contributed by atoms with van der Waals surface area (Å²) in [6.07, 6.45) is 2.99. The van der Waals surface area contributed by atoms with E-state index in [1.54, 1.807) is 18.1 Å². The first-order chi connectivity index (χ1) is 9.13. The van der Waals surface area contributed by atoms with Crippen molar-refractivity contribution >= 4 is 28.7 Å². The number of piperidine rings is 1. The number of nitrogens with zero attached hydrogens (tertiary/aromatic N) is 4. The number of nitrogens with two attached hydrogens (primary N) is 1. The second-order valence-corrected chi connectivity index (χ2v) is 4.72. The number of carbonyl (C=O) groups excluding carboxylic acids is 1. The molecule has 0 aliphatic carbocycles. The maximum atomic E-state index is 11.5. The SMILES string of the molecule is CN1CC(Nc2nc(N)nc3[nH]ncc23)CCC1=O. The molecule has 0 spiro atoms. The van der Waals surface area contributed by atoms with Crippen LogP contribution in [0.25, 0.3) is 11.0 Å². The molecule has 1 unspecified atom stereocenters. The molecule has 0 radical (unpaired) electrons. The second-order valence-electron chi connectivity index (χ2n) is 4.72. The fourth-order valence-corrected chi connectivity index (χ4v) is 2.29. The fraction of sp³-hybridized carbons (Fsp3) is 0.455. The van der Waals surface area contributed by atoms with Crippen LogP contribution in [0.5, 0.6) is 0 Å². The molecular weight excluding hydrogens is 246 g/mol. The monoisotopic (exact) mass is 261 g/mol. The van der Waals surface area contributed by atoms with E-state index in [-0.39, 0.29) is 17.9 Å². The molecule has 4 N–H and O–H groups in total. The number of anilines is 2. The molecule has 0 aromatic carbocycles. The third-order valence-corrected chi connectivity index (χ3v) is 3.29. The molecule has 0 saturated carbocycles. The molecule has 100 valence electrons. The Morgan fingerprint density at radius 3 is 3.16 bits per heavy atom. The number of hydrogen-bond donors (Lipinski definition) is 3. The molecule has 1 amide bonds. The summed E-state index contributed by atoms with van der Waals surface area (Å²) >= 11 is 0. The number of H-pyrrole nitrogens is 1. The predicted molar refractivity (Wildman–Crippen MR) is 70.4 cm³/mol. The van der Waals surface area contributed by atoms with Crippen molar-refractivity contribution in [3.63, 3.8) is 0 Å². The van der Waals surface area contributed by atoms with Gasteiger partial charge >= 0.3 is 0 Å². The van der Waals surface area contributed by atoms with Gasteiger partial charge in [-0.2, -0.15) is 15.1 Å². The van der Waals surface area contributed by atoms with Crippen LogP contribution >= 0.6 is 0 Å². The predicted octanol–water partition coefficient (Wildman–Crippen LogP) is -0.0322. The van der Waals surface area contributed by atoms with Gasteiger partial charge in [-0.05, 0) is 6.42 Å². The Hall–Kier alpha value is -2.38. The number of nitrogens with one attached hydrogen (secondary N) is 2. The lowest BCUT2D eigenvalue weighted by atomic mass is 10.1. The van der Waals surface area contributed by atoms with E-state index in [0.29, 0.717) is 24.4 Å². The van der Waals surface area contributed by atoms with Gasteiger partial charge in [0, 0.05) is 26.1 Å². The highest BCUT2D eigenvalue weighted by molar-refractivity contribution is 5.87. The number of carbonyl (C=O) groups is 1. The number of hydrogen-bond acceptors (Lipinski definition) is 6. The zero-order chi connectivity index (χ0) is 13.4. The summed E-state index contributed by atoms with van der Waals surface area (Å²) in [6.45, 7) is 0.655. The normalized spacial score (nSPS) is 19.9. The van der Waals surface area contributed by atoms with Crippen LogP contribution in [0.1, 0.15) is 12.8 Å². The van der Waals surface area contributed by atoms with E-state index in [9.17, 15) is 4.79 Å². The molecule has 3 heterocycles. The molecule has 2 aromatic rings. The van der Waals surface area contributed by atoms with Crippen molar-refractivity contribution in [1.29, 1.82) is 0 Å². The average Bonchev–Trinajstić information content (AvgIpc) is 2.82. The van der Waals surface area contributed by atoms with Crippen LogP contribution in [0.3, 0.4) is 0 Å². The van der Waals surface area contributed by atoms with Gasteiger partial charge in [0.15, 0.2) is 5.65 Å².